The predicted octanol–water partition coefficient (Wildman–Crippen LogP) is 6.61. The Morgan fingerprint density at radius 3 is 1.55 bits per heavy atom. The molecule has 4 rings (SSSR count). The maximum atomic E-state index is 12.7. The summed E-state index contributed by atoms with van der Waals surface area (Å²) in [6.07, 6.45) is 0. The van der Waals surface area contributed by atoms with Crippen LogP contribution in [0.5, 0.6) is 0 Å². The molecule has 0 spiro atoms. The summed E-state index contributed by atoms with van der Waals surface area (Å²) in [5, 5.41) is 8.61. The van der Waals surface area contributed by atoms with Gasteiger partial charge < -0.3 is 10.6 Å². The van der Waals surface area contributed by atoms with Gasteiger partial charge in [-0.1, -0.05) is 73.4 Å². The number of benzene rings is 2. The molecule has 160 valence electrons. The average Bonchev–Trinajstić information content (AvgIpc) is 3.28. The number of carbonyl (C=O) groups is 2. The van der Waals surface area contributed by atoms with Crippen molar-refractivity contribution >= 4 is 77.9 Å². The summed E-state index contributed by atoms with van der Waals surface area (Å²) in [5.74, 6) is -0.420. The van der Waals surface area contributed by atoms with Crippen LogP contribution < -0.4 is 10.6 Å². The second-order valence-corrected chi connectivity index (χ2v) is 10.9. The van der Waals surface area contributed by atoms with E-state index in [0.717, 1.165) is 20.2 Å². The van der Waals surface area contributed by atoms with Gasteiger partial charge in [-0.05, 0) is 17.5 Å². The molecular weight excluding hydrogens is 471 g/mol. The minimum atomic E-state index is -0.363. The summed E-state index contributed by atoms with van der Waals surface area (Å²) in [6.45, 7) is 4.73. The second-order valence-electron chi connectivity index (χ2n) is 8.01. The van der Waals surface area contributed by atoms with Gasteiger partial charge in [-0.2, -0.15) is 0 Å². The molecule has 0 bridgehead atoms. The highest BCUT2D eigenvalue weighted by Crippen LogP contribution is 2.36. The third kappa shape index (κ3) is 4.58. The van der Waals surface area contributed by atoms with E-state index in [1.165, 1.54) is 22.7 Å². The largest absolute Gasteiger partial charge is 0.351 e. The molecule has 0 saturated carbocycles. The molecule has 2 N–H and O–H groups in total. The number of hydrogen-bond donors (Lipinski definition) is 2. The van der Waals surface area contributed by atoms with Crippen LogP contribution in [0.25, 0.3) is 20.2 Å². The van der Waals surface area contributed by atoms with Crippen LogP contribution in [-0.4, -0.2) is 24.9 Å². The Bertz CT molecular complexity index is 1200. The van der Waals surface area contributed by atoms with E-state index in [2.05, 4.69) is 10.6 Å². The summed E-state index contributed by atoms with van der Waals surface area (Å²) in [5.41, 5.74) is -0.363. The third-order valence-electron chi connectivity index (χ3n) is 4.94. The first kappa shape index (κ1) is 22.1. The highest BCUT2D eigenvalue weighted by Gasteiger charge is 2.24. The third-order valence-corrected chi connectivity index (χ3v) is 8.29. The van der Waals surface area contributed by atoms with E-state index in [0.29, 0.717) is 32.9 Å². The molecule has 0 saturated heterocycles. The normalized spacial score (nSPS) is 11.7. The van der Waals surface area contributed by atoms with Gasteiger partial charge in [0.15, 0.2) is 0 Å². The maximum absolute atomic E-state index is 12.7. The van der Waals surface area contributed by atoms with Crippen LogP contribution in [0.2, 0.25) is 10.0 Å². The zero-order valence-electron chi connectivity index (χ0n) is 16.9. The molecule has 0 aliphatic rings. The number of thiophene rings is 2. The fourth-order valence-corrected chi connectivity index (χ4v) is 6.05. The predicted molar refractivity (Wildman–Crippen MR) is 132 cm³/mol. The Morgan fingerprint density at radius 1 is 0.774 bits per heavy atom. The van der Waals surface area contributed by atoms with Gasteiger partial charge in [0.05, 0.1) is 10.0 Å². The molecule has 0 atom stereocenters. The molecule has 0 fully saturated rings. The van der Waals surface area contributed by atoms with Crippen LogP contribution in [0.1, 0.15) is 33.2 Å². The zero-order chi connectivity index (χ0) is 22.2. The van der Waals surface area contributed by atoms with Crippen molar-refractivity contribution in [2.45, 2.75) is 13.8 Å². The molecule has 4 aromatic rings. The first-order valence-corrected chi connectivity index (χ1v) is 12.1. The van der Waals surface area contributed by atoms with Crippen molar-refractivity contribution in [2.75, 3.05) is 13.1 Å². The molecule has 2 aromatic heterocycles. The van der Waals surface area contributed by atoms with Crippen molar-refractivity contribution in [1.29, 1.82) is 0 Å². The van der Waals surface area contributed by atoms with E-state index in [4.69, 9.17) is 23.2 Å². The molecule has 2 heterocycles. The lowest BCUT2D eigenvalue weighted by atomic mass is 9.93. The average molecular weight is 491 g/mol. The number of nitrogens with one attached hydrogen (secondary N) is 2. The summed E-state index contributed by atoms with van der Waals surface area (Å²) in [6, 6.07) is 15.3. The minimum absolute atomic E-state index is 0.210. The molecule has 0 radical (unpaired) electrons. The molecule has 31 heavy (non-hydrogen) atoms. The molecule has 2 amide bonds. The molecule has 2 aromatic carbocycles. The highest BCUT2D eigenvalue weighted by molar-refractivity contribution is 7.22. The lowest BCUT2D eigenvalue weighted by molar-refractivity contribution is 0.0924. The van der Waals surface area contributed by atoms with Crippen molar-refractivity contribution in [3.05, 3.63) is 68.3 Å². The van der Waals surface area contributed by atoms with Crippen molar-refractivity contribution in [1.82, 2.24) is 10.6 Å². The summed E-state index contributed by atoms with van der Waals surface area (Å²) in [4.78, 5) is 26.4. The van der Waals surface area contributed by atoms with E-state index < -0.39 is 0 Å². The number of hydrogen-bond acceptors (Lipinski definition) is 4. The smallest absolute Gasteiger partial charge is 0.262 e. The van der Waals surface area contributed by atoms with Crippen molar-refractivity contribution in [3.63, 3.8) is 0 Å². The number of halogens is 2. The topological polar surface area (TPSA) is 58.2 Å². The Morgan fingerprint density at radius 2 is 1.16 bits per heavy atom. The van der Waals surface area contributed by atoms with Gasteiger partial charge in [0, 0.05) is 33.3 Å². The van der Waals surface area contributed by atoms with E-state index >= 15 is 0 Å². The Labute approximate surface area is 198 Å². The van der Waals surface area contributed by atoms with Gasteiger partial charge in [-0.15, -0.1) is 22.7 Å². The fraction of sp³-hybridized carbons (Fsp3) is 0.217. The van der Waals surface area contributed by atoms with E-state index in [9.17, 15) is 9.59 Å². The van der Waals surface area contributed by atoms with E-state index in [1.807, 2.05) is 62.4 Å². The fourth-order valence-electron chi connectivity index (χ4n) is 3.18. The molecule has 0 aliphatic heterocycles. The number of rotatable bonds is 6. The molecule has 8 heteroatoms. The number of carbonyl (C=O) groups excluding carboxylic acids is 2. The first-order valence-electron chi connectivity index (χ1n) is 9.67. The Kier molecular flexibility index (Phi) is 6.26. The highest BCUT2D eigenvalue weighted by atomic mass is 35.5. The van der Waals surface area contributed by atoms with Crippen LogP contribution >= 0.6 is 45.9 Å². The quantitative estimate of drug-likeness (QED) is 0.319. The lowest BCUT2D eigenvalue weighted by Crippen LogP contribution is -2.41. The van der Waals surface area contributed by atoms with Gasteiger partial charge in [0.1, 0.15) is 9.75 Å². The summed E-state index contributed by atoms with van der Waals surface area (Å²) < 4.78 is 1.95. The van der Waals surface area contributed by atoms with Gasteiger partial charge in [0.25, 0.3) is 11.8 Å². The maximum Gasteiger partial charge on any atom is 0.262 e. The first-order chi connectivity index (χ1) is 14.8. The SMILES string of the molecule is CC(C)(CNC(=O)c1sc2ccccc2c1Cl)CNC(=O)c1sc2ccccc2c1Cl. The monoisotopic (exact) mass is 490 g/mol. The summed E-state index contributed by atoms with van der Waals surface area (Å²) >= 11 is 15.6. The van der Waals surface area contributed by atoms with Crippen molar-refractivity contribution in [2.24, 2.45) is 5.41 Å². The summed E-state index contributed by atoms with van der Waals surface area (Å²) in [7, 11) is 0. The van der Waals surface area contributed by atoms with Crippen LogP contribution in [0, 0.1) is 5.41 Å². The minimum Gasteiger partial charge on any atom is -0.351 e. The Hall–Kier alpha value is -2.12. The zero-order valence-corrected chi connectivity index (χ0v) is 20.1. The lowest BCUT2D eigenvalue weighted by Gasteiger charge is -2.25. The van der Waals surface area contributed by atoms with Crippen LogP contribution in [0.15, 0.2) is 48.5 Å². The van der Waals surface area contributed by atoms with Crippen LogP contribution in [0.4, 0.5) is 0 Å². The molecule has 0 unspecified atom stereocenters. The number of amides is 2. The van der Waals surface area contributed by atoms with Gasteiger partial charge in [-0.3, -0.25) is 9.59 Å². The van der Waals surface area contributed by atoms with Crippen molar-refractivity contribution in [3.8, 4) is 0 Å². The Balaban J connectivity index is 1.38. The van der Waals surface area contributed by atoms with Crippen LogP contribution in [-0.2, 0) is 0 Å². The second kappa shape index (κ2) is 8.79. The molecule has 0 aliphatic carbocycles. The van der Waals surface area contributed by atoms with Gasteiger partial charge in [-0.25, -0.2) is 0 Å². The van der Waals surface area contributed by atoms with Gasteiger partial charge in [0.2, 0.25) is 0 Å². The number of fused-ring (bicyclic) bond motifs is 2. The van der Waals surface area contributed by atoms with Gasteiger partial charge >= 0.3 is 0 Å². The van der Waals surface area contributed by atoms with Crippen LogP contribution in [0.3, 0.4) is 0 Å². The van der Waals surface area contributed by atoms with E-state index in [-0.39, 0.29) is 17.2 Å². The van der Waals surface area contributed by atoms with Crippen molar-refractivity contribution < 1.29 is 9.59 Å². The standard InChI is InChI=1S/C23H20Cl2N2O2S2/c1-23(2,11-26-21(28)19-17(24)13-7-3-5-9-15(13)30-19)12-27-22(29)20-18(25)14-8-4-6-10-16(14)31-20/h3-10H,11-12H2,1-2H3,(H,26,28)(H,27,29). The molecule has 4 nitrogen and oxygen atoms in total. The molecular formula is C23H20Cl2N2O2S2. The van der Waals surface area contributed by atoms with E-state index in [1.54, 1.807) is 0 Å².